The van der Waals surface area contributed by atoms with E-state index in [0.29, 0.717) is 12.1 Å². The van der Waals surface area contributed by atoms with Crippen LogP contribution in [0.4, 0.5) is 10.5 Å². The van der Waals surface area contributed by atoms with Gasteiger partial charge in [0.25, 0.3) is 5.91 Å². The predicted octanol–water partition coefficient (Wildman–Crippen LogP) is 4.28. The van der Waals surface area contributed by atoms with Gasteiger partial charge in [0.05, 0.1) is 5.69 Å². The van der Waals surface area contributed by atoms with Gasteiger partial charge in [0, 0.05) is 9.79 Å². The third-order valence-electron chi connectivity index (χ3n) is 5.94. The van der Waals surface area contributed by atoms with E-state index in [9.17, 15) is 14.4 Å². The van der Waals surface area contributed by atoms with Gasteiger partial charge in [-0.15, -0.1) is 0 Å². The van der Waals surface area contributed by atoms with Crippen LogP contribution in [0.2, 0.25) is 0 Å². The summed E-state index contributed by atoms with van der Waals surface area (Å²) in [5.41, 5.74) is -0.194. The van der Waals surface area contributed by atoms with E-state index in [4.69, 9.17) is 0 Å². The summed E-state index contributed by atoms with van der Waals surface area (Å²) in [5.74, 6) is -0.597. The van der Waals surface area contributed by atoms with Crippen LogP contribution in [-0.4, -0.2) is 34.8 Å². The fourth-order valence-corrected chi connectivity index (χ4v) is 5.17. The Labute approximate surface area is 180 Å². The normalized spacial score (nSPS) is 23.5. The monoisotopic (exact) mass is 423 g/mol. The molecule has 2 atom stereocenters. The molecule has 7 heteroatoms. The van der Waals surface area contributed by atoms with E-state index >= 15 is 0 Å². The van der Waals surface area contributed by atoms with Crippen LogP contribution in [0, 0.1) is 5.92 Å². The molecule has 1 saturated heterocycles. The molecule has 1 saturated carbocycles. The molecule has 2 aromatic carbocycles. The molecule has 6 nitrogen and oxygen atoms in total. The van der Waals surface area contributed by atoms with Crippen molar-refractivity contribution in [1.29, 1.82) is 0 Å². The van der Waals surface area contributed by atoms with E-state index in [1.165, 1.54) is 0 Å². The molecule has 30 heavy (non-hydrogen) atoms. The number of carbonyl (C=O) groups excluding carboxylic acids is 3. The van der Waals surface area contributed by atoms with Gasteiger partial charge < -0.3 is 10.6 Å². The van der Waals surface area contributed by atoms with Gasteiger partial charge in [-0.2, -0.15) is 0 Å². The zero-order valence-corrected chi connectivity index (χ0v) is 17.7. The summed E-state index contributed by atoms with van der Waals surface area (Å²) in [6.07, 6.45) is 3.49. The van der Waals surface area contributed by atoms with Crippen molar-refractivity contribution >= 4 is 35.3 Å². The highest BCUT2D eigenvalue weighted by Crippen LogP contribution is 2.38. The smallest absolute Gasteiger partial charge is 0.323 e. The maximum Gasteiger partial charge on any atom is 0.325 e. The van der Waals surface area contributed by atoms with E-state index in [1.807, 2.05) is 61.5 Å². The van der Waals surface area contributed by atoms with Gasteiger partial charge in [-0.05, 0) is 43.0 Å². The highest BCUT2D eigenvalue weighted by Gasteiger charge is 2.55. The first-order chi connectivity index (χ1) is 14.5. The Morgan fingerprint density at radius 3 is 2.63 bits per heavy atom. The maximum atomic E-state index is 13.1. The lowest BCUT2D eigenvalue weighted by Gasteiger charge is -2.36. The second-order valence-corrected chi connectivity index (χ2v) is 9.01. The number of benzene rings is 2. The average Bonchev–Trinajstić information content (AvgIpc) is 2.97. The molecule has 0 unspecified atom stereocenters. The number of imide groups is 1. The molecule has 156 valence electrons. The minimum atomic E-state index is -0.851. The Kier molecular flexibility index (Phi) is 5.81. The van der Waals surface area contributed by atoms with Crippen LogP contribution in [0.25, 0.3) is 0 Å². The number of carbonyl (C=O) groups is 3. The first kappa shape index (κ1) is 20.5. The quantitative estimate of drug-likeness (QED) is 0.704. The number of anilines is 1. The molecule has 1 spiro atoms. The zero-order valence-electron chi connectivity index (χ0n) is 16.9. The SMILES string of the molecule is C[C@H]1CCCC[C@@]12NC(=O)N(CC(=O)Nc1ccccc1Sc1ccccc1)C2=O. The van der Waals surface area contributed by atoms with Gasteiger partial charge in [0.1, 0.15) is 12.1 Å². The number of hydrogen-bond donors (Lipinski definition) is 2. The van der Waals surface area contributed by atoms with Gasteiger partial charge in [0.15, 0.2) is 0 Å². The zero-order chi connectivity index (χ0) is 21.1. The van der Waals surface area contributed by atoms with Gasteiger partial charge in [-0.3, -0.25) is 14.5 Å². The lowest BCUT2D eigenvalue weighted by Crippen LogP contribution is -2.54. The molecule has 2 N–H and O–H groups in total. The lowest BCUT2D eigenvalue weighted by molar-refractivity contribution is -0.136. The van der Waals surface area contributed by atoms with E-state index in [1.54, 1.807) is 11.8 Å². The van der Waals surface area contributed by atoms with E-state index < -0.39 is 11.6 Å². The van der Waals surface area contributed by atoms with Crippen molar-refractivity contribution in [2.24, 2.45) is 5.92 Å². The molecule has 2 aliphatic rings. The lowest BCUT2D eigenvalue weighted by atomic mass is 9.73. The van der Waals surface area contributed by atoms with Gasteiger partial charge in [0.2, 0.25) is 5.91 Å². The molecule has 4 amide bonds. The van der Waals surface area contributed by atoms with E-state index in [0.717, 1.165) is 34.0 Å². The largest absolute Gasteiger partial charge is 0.325 e. The second-order valence-electron chi connectivity index (χ2n) is 7.90. The third-order valence-corrected chi connectivity index (χ3v) is 7.02. The van der Waals surface area contributed by atoms with E-state index in [-0.39, 0.29) is 24.3 Å². The predicted molar refractivity (Wildman–Crippen MR) is 116 cm³/mol. The molecular weight excluding hydrogens is 398 g/mol. The van der Waals surface area contributed by atoms with Gasteiger partial charge in [-0.1, -0.05) is 61.9 Å². The van der Waals surface area contributed by atoms with Crippen molar-refractivity contribution in [2.45, 2.75) is 47.9 Å². The topological polar surface area (TPSA) is 78.5 Å². The first-order valence-electron chi connectivity index (χ1n) is 10.3. The Morgan fingerprint density at radius 1 is 1.13 bits per heavy atom. The van der Waals surface area contributed by atoms with Gasteiger partial charge in [-0.25, -0.2) is 4.79 Å². The number of nitrogens with one attached hydrogen (secondary N) is 2. The summed E-state index contributed by atoms with van der Waals surface area (Å²) >= 11 is 1.54. The summed E-state index contributed by atoms with van der Waals surface area (Å²) in [4.78, 5) is 41.3. The summed E-state index contributed by atoms with van der Waals surface area (Å²) in [6, 6.07) is 16.9. The Hall–Kier alpha value is -2.80. The highest BCUT2D eigenvalue weighted by atomic mass is 32.2. The van der Waals surface area contributed by atoms with Crippen molar-refractivity contribution in [3.63, 3.8) is 0 Å². The molecule has 1 aliphatic carbocycles. The number of para-hydroxylation sites is 1. The third kappa shape index (κ3) is 3.94. The number of hydrogen-bond acceptors (Lipinski definition) is 4. The standard InChI is InChI=1S/C23H25N3O3S/c1-16-9-7-8-14-23(16)21(28)26(22(29)25-23)15-20(27)24-18-12-5-6-13-19(18)30-17-10-3-2-4-11-17/h2-6,10-13,16H,7-9,14-15H2,1H3,(H,24,27)(H,25,29)/t16-,23+/m0/s1. The fraction of sp³-hybridized carbons (Fsp3) is 0.348. The second kappa shape index (κ2) is 8.52. The van der Waals surface area contributed by atoms with E-state index in [2.05, 4.69) is 10.6 Å². The average molecular weight is 424 g/mol. The van der Waals surface area contributed by atoms with Crippen LogP contribution in [0.3, 0.4) is 0 Å². The highest BCUT2D eigenvalue weighted by molar-refractivity contribution is 7.99. The molecule has 1 aliphatic heterocycles. The Balaban J connectivity index is 1.45. The first-order valence-corrected chi connectivity index (χ1v) is 11.1. The minimum Gasteiger partial charge on any atom is -0.323 e. The van der Waals surface area contributed by atoms with Crippen LogP contribution >= 0.6 is 11.8 Å². The molecule has 1 heterocycles. The van der Waals surface area contributed by atoms with Crippen LogP contribution in [0.15, 0.2) is 64.4 Å². The fourth-order valence-electron chi connectivity index (χ4n) is 4.25. The van der Waals surface area contributed by atoms with Crippen LogP contribution < -0.4 is 10.6 Å². The number of rotatable bonds is 5. The van der Waals surface area contributed by atoms with Crippen LogP contribution in [-0.2, 0) is 9.59 Å². The van der Waals surface area contributed by atoms with Crippen molar-refractivity contribution < 1.29 is 14.4 Å². The van der Waals surface area contributed by atoms with Crippen LogP contribution in [0.1, 0.15) is 32.6 Å². The van der Waals surface area contributed by atoms with Crippen molar-refractivity contribution in [3.05, 3.63) is 54.6 Å². The van der Waals surface area contributed by atoms with Crippen molar-refractivity contribution in [1.82, 2.24) is 10.2 Å². The number of amides is 4. The molecular formula is C23H25N3O3S. The molecule has 2 aromatic rings. The summed E-state index contributed by atoms with van der Waals surface area (Å²) in [6.45, 7) is 1.71. The van der Waals surface area contributed by atoms with Crippen molar-refractivity contribution in [3.8, 4) is 0 Å². The summed E-state index contributed by atoms with van der Waals surface area (Å²) in [7, 11) is 0. The molecule has 0 bridgehead atoms. The van der Waals surface area contributed by atoms with Gasteiger partial charge >= 0.3 is 6.03 Å². The van der Waals surface area contributed by atoms with Crippen molar-refractivity contribution in [2.75, 3.05) is 11.9 Å². The molecule has 4 rings (SSSR count). The summed E-state index contributed by atoms with van der Waals surface area (Å²) in [5, 5.41) is 5.75. The molecule has 0 aromatic heterocycles. The maximum absolute atomic E-state index is 13.1. The molecule has 2 fully saturated rings. The number of urea groups is 1. The summed E-state index contributed by atoms with van der Waals surface area (Å²) < 4.78 is 0. The Morgan fingerprint density at radius 2 is 1.87 bits per heavy atom. The minimum absolute atomic E-state index is 0.0683. The molecule has 0 radical (unpaired) electrons. The van der Waals surface area contributed by atoms with Crippen LogP contribution in [0.5, 0.6) is 0 Å². The number of nitrogens with zero attached hydrogens (tertiary/aromatic N) is 1. The Bertz CT molecular complexity index is 965.